The lowest BCUT2D eigenvalue weighted by Crippen LogP contribution is -2.39. The molecular weight excluding hydrogens is 560 g/mol. The van der Waals surface area contributed by atoms with Gasteiger partial charge in [0.15, 0.2) is 11.9 Å². The molecule has 0 spiro atoms. The number of amides is 2. The first-order chi connectivity index (χ1) is 20.3. The summed E-state index contributed by atoms with van der Waals surface area (Å²) in [5, 5.41) is 17.8. The number of aryl methyl sites for hydroxylation is 1. The van der Waals surface area contributed by atoms with Crippen molar-refractivity contribution in [2.24, 2.45) is 0 Å². The third-order valence-electron chi connectivity index (χ3n) is 6.79. The summed E-state index contributed by atoms with van der Waals surface area (Å²) in [6.07, 6.45) is 1.64. The number of fused-ring (bicyclic) bond motifs is 1. The van der Waals surface area contributed by atoms with Gasteiger partial charge < -0.3 is 25.8 Å². The van der Waals surface area contributed by atoms with Crippen molar-refractivity contribution in [2.45, 2.75) is 45.8 Å². The molecule has 13 heteroatoms. The van der Waals surface area contributed by atoms with Gasteiger partial charge in [-0.15, -0.1) is 0 Å². The highest BCUT2D eigenvalue weighted by Gasteiger charge is 2.27. The fraction of sp³-hybridized carbons (Fsp3) is 0.300. The Bertz CT molecular complexity index is 1740. The first-order valence-electron chi connectivity index (χ1n) is 13.5. The van der Waals surface area contributed by atoms with E-state index in [-0.39, 0.29) is 17.5 Å². The number of aromatic nitrogens is 4. The number of anilines is 2. The van der Waals surface area contributed by atoms with Crippen molar-refractivity contribution in [3.05, 3.63) is 77.3 Å². The number of hydrogen-bond donors (Lipinski definition) is 3. The van der Waals surface area contributed by atoms with Gasteiger partial charge in [0.2, 0.25) is 0 Å². The molecule has 4 N–H and O–H groups in total. The van der Waals surface area contributed by atoms with Crippen molar-refractivity contribution in [1.82, 2.24) is 24.6 Å². The fourth-order valence-electron chi connectivity index (χ4n) is 4.80. The van der Waals surface area contributed by atoms with E-state index in [0.29, 0.717) is 59.2 Å². The average molecular weight is 592 g/mol. The molecule has 0 fully saturated rings. The number of nitrogens with one attached hydrogen (secondary N) is 1. The molecule has 43 heavy (non-hydrogen) atoms. The largest absolute Gasteiger partial charge is 0.444 e. The van der Waals surface area contributed by atoms with E-state index in [1.54, 1.807) is 34.7 Å². The number of aliphatic hydroxyl groups excluding tert-OH is 1. The lowest BCUT2D eigenvalue weighted by atomic mass is 10.0. The van der Waals surface area contributed by atoms with Crippen LogP contribution >= 0.6 is 0 Å². The molecule has 0 saturated carbocycles. The summed E-state index contributed by atoms with van der Waals surface area (Å²) in [4.78, 5) is 35.4. The first kappa shape index (κ1) is 29.6. The lowest BCUT2D eigenvalue weighted by molar-refractivity contribution is -0.124. The maximum absolute atomic E-state index is 13.6. The molecule has 0 bridgehead atoms. The Morgan fingerprint density at radius 1 is 1.12 bits per heavy atom. The molecule has 1 atom stereocenters. The van der Waals surface area contributed by atoms with Crippen molar-refractivity contribution in [3.63, 3.8) is 0 Å². The van der Waals surface area contributed by atoms with Gasteiger partial charge in [-0.3, -0.25) is 4.79 Å². The van der Waals surface area contributed by atoms with Crippen LogP contribution in [0.1, 0.15) is 50.1 Å². The average Bonchev–Trinajstić information content (AvgIpc) is 3.32. The molecule has 2 amide bonds. The maximum atomic E-state index is 13.6. The molecule has 224 valence electrons. The summed E-state index contributed by atoms with van der Waals surface area (Å²) in [6.45, 7) is 8.05. The summed E-state index contributed by atoms with van der Waals surface area (Å²) in [5.74, 6) is -2.44. The van der Waals surface area contributed by atoms with Crippen LogP contribution in [0.5, 0.6) is 0 Å². The van der Waals surface area contributed by atoms with Crippen LogP contribution in [0, 0.1) is 18.6 Å². The van der Waals surface area contributed by atoms with Crippen LogP contribution in [0.15, 0.2) is 48.8 Å². The topological polar surface area (TPSA) is 148 Å². The number of hydrogen-bond acceptors (Lipinski definition) is 8. The van der Waals surface area contributed by atoms with Gasteiger partial charge in [-0.05, 0) is 81.1 Å². The second kappa shape index (κ2) is 11.4. The number of carbonyl (C=O) groups excluding carboxylic acids is 2. The Morgan fingerprint density at radius 3 is 2.47 bits per heavy atom. The van der Waals surface area contributed by atoms with E-state index in [1.807, 2.05) is 26.8 Å². The number of aliphatic hydroxyl groups is 1. The highest BCUT2D eigenvalue weighted by Crippen LogP contribution is 2.32. The molecule has 5 rings (SSSR count). The van der Waals surface area contributed by atoms with Gasteiger partial charge in [0.25, 0.3) is 5.91 Å². The Balaban J connectivity index is 1.41. The monoisotopic (exact) mass is 591 g/mol. The van der Waals surface area contributed by atoms with Crippen LogP contribution in [-0.4, -0.2) is 60.4 Å². The van der Waals surface area contributed by atoms with Crippen LogP contribution in [0.4, 0.5) is 25.1 Å². The van der Waals surface area contributed by atoms with E-state index in [1.165, 1.54) is 6.33 Å². The predicted molar refractivity (Wildman–Crippen MR) is 156 cm³/mol. The van der Waals surface area contributed by atoms with Gasteiger partial charge in [0, 0.05) is 24.8 Å². The Morgan fingerprint density at radius 2 is 1.84 bits per heavy atom. The van der Waals surface area contributed by atoms with Crippen LogP contribution in [0.3, 0.4) is 0 Å². The van der Waals surface area contributed by atoms with E-state index < -0.39 is 29.2 Å². The number of ether oxygens (including phenoxy) is 1. The van der Waals surface area contributed by atoms with E-state index in [2.05, 4.69) is 15.3 Å². The smallest absolute Gasteiger partial charge is 0.410 e. The molecule has 0 aliphatic carbocycles. The molecule has 4 aromatic rings. The number of benzene rings is 2. The first-order valence-corrected chi connectivity index (χ1v) is 13.5. The molecule has 2 aromatic heterocycles. The highest BCUT2D eigenvalue weighted by molar-refractivity contribution is 5.96. The van der Waals surface area contributed by atoms with Crippen LogP contribution in [0.2, 0.25) is 0 Å². The molecular formula is C30H31F2N7O4. The van der Waals surface area contributed by atoms with E-state index in [4.69, 9.17) is 15.6 Å². The number of halogens is 2. The second-order valence-electron chi connectivity index (χ2n) is 11.2. The van der Waals surface area contributed by atoms with Gasteiger partial charge >= 0.3 is 6.09 Å². The molecule has 0 unspecified atom stereocenters. The molecule has 3 heterocycles. The molecule has 0 saturated heterocycles. The second-order valence-corrected chi connectivity index (χ2v) is 11.2. The fourth-order valence-corrected chi connectivity index (χ4v) is 4.80. The molecule has 0 radical (unpaired) electrons. The molecule has 11 nitrogen and oxygen atoms in total. The minimum absolute atomic E-state index is 0.208. The third kappa shape index (κ3) is 6.31. The third-order valence-corrected chi connectivity index (χ3v) is 6.79. The van der Waals surface area contributed by atoms with Crippen molar-refractivity contribution < 1.29 is 28.2 Å². The summed E-state index contributed by atoms with van der Waals surface area (Å²) in [7, 11) is 0. The quantitative estimate of drug-likeness (QED) is 0.303. The van der Waals surface area contributed by atoms with E-state index in [9.17, 15) is 23.5 Å². The molecule has 1 aliphatic rings. The minimum atomic E-state index is -1.78. The van der Waals surface area contributed by atoms with Crippen molar-refractivity contribution in [2.75, 3.05) is 24.1 Å². The zero-order chi connectivity index (χ0) is 31.1. The lowest BCUT2D eigenvalue weighted by Gasteiger charge is -2.29. The number of nitrogens with two attached hydrogens (primary N) is 1. The minimum Gasteiger partial charge on any atom is -0.444 e. The van der Waals surface area contributed by atoms with Crippen molar-refractivity contribution >= 4 is 40.1 Å². The predicted octanol–water partition coefficient (Wildman–Crippen LogP) is 4.68. The van der Waals surface area contributed by atoms with Gasteiger partial charge in [0.1, 0.15) is 40.3 Å². The van der Waals surface area contributed by atoms with Crippen molar-refractivity contribution in [3.8, 4) is 5.69 Å². The van der Waals surface area contributed by atoms with Crippen LogP contribution < -0.4 is 11.1 Å². The Kier molecular flexibility index (Phi) is 7.84. The van der Waals surface area contributed by atoms with E-state index in [0.717, 1.165) is 17.7 Å². The molecule has 2 aromatic carbocycles. The number of nitrogens with zero attached hydrogens (tertiary/aromatic N) is 5. The zero-order valence-electron chi connectivity index (χ0n) is 24.1. The number of rotatable bonds is 5. The Labute approximate surface area is 246 Å². The van der Waals surface area contributed by atoms with Crippen molar-refractivity contribution in [1.29, 1.82) is 0 Å². The number of nitrogen functional groups attached to an aromatic ring is 1. The van der Waals surface area contributed by atoms with Crippen LogP contribution in [0.25, 0.3) is 22.3 Å². The highest BCUT2D eigenvalue weighted by atomic mass is 19.1. The number of carbonyl (C=O) groups is 2. The summed E-state index contributed by atoms with van der Waals surface area (Å²) in [6, 6.07) is 7.42. The summed E-state index contributed by atoms with van der Waals surface area (Å²) in [5.41, 5.74) is 9.69. The summed E-state index contributed by atoms with van der Waals surface area (Å²) >= 11 is 0. The normalized spacial score (nSPS) is 14.4. The van der Waals surface area contributed by atoms with Gasteiger partial charge in [0.05, 0.1) is 5.69 Å². The zero-order valence-corrected chi connectivity index (χ0v) is 24.1. The SMILES string of the molecule is Cc1cc(NC(=O)[C@H](O)c2cc(F)cc(F)c2)ccc1-n1nc(C2=CCN(C(=O)OC(C)(C)C)CC2)c2ncnc(N)c21. The van der Waals surface area contributed by atoms with Crippen LogP contribution in [-0.2, 0) is 9.53 Å². The van der Waals surface area contributed by atoms with Gasteiger partial charge in [-0.2, -0.15) is 5.10 Å². The van der Waals surface area contributed by atoms with Gasteiger partial charge in [-0.1, -0.05) is 6.08 Å². The summed E-state index contributed by atoms with van der Waals surface area (Å²) < 4.78 is 34.3. The maximum Gasteiger partial charge on any atom is 0.410 e. The standard InChI is InChI=1S/C30H31F2N7O4/c1-16-11-21(36-28(41)26(40)18-12-19(31)14-20(32)13-18)5-6-22(16)39-25-24(34-15-35-27(25)33)23(37-39)17-7-9-38(10-8-17)29(42)43-30(2,3)4/h5-7,11-15,26,40H,8-10H2,1-4H3,(H,36,41)(H2,33,34,35)/t26-/m1/s1. The van der Waals surface area contributed by atoms with Gasteiger partial charge in [-0.25, -0.2) is 28.2 Å². The molecule has 1 aliphatic heterocycles. The van der Waals surface area contributed by atoms with E-state index >= 15 is 0 Å². The Hall–Kier alpha value is -4.91.